The fourth-order valence-corrected chi connectivity index (χ4v) is 1.96. The Balaban J connectivity index is 2.14. The summed E-state index contributed by atoms with van der Waals surface area (Å²) < 4.78 is 2.08. The number of rotatable bonds is 3. The summed E-state index contributed by atoms with van der Waals surface area (Å²) in [7, 11) is 0. The van der Waals surface area contributed by atoms with Gasteiger partial charge in [0, 0.05) is 37.8 Å². The molecule has 2 N–H and O–H groups in total. The van der Waals surface area contributed by atoms with Crippen LogP contribution >= 0.6 is 0 Å². The Morgan fingerprint density at radius 1 is 1.57 bits per heavy atom. The van der Waals surface area contributed by atoms with Crippen LogP contribution < -0.4 is 5.73 Å². The van der Waals surface area contributed by atoms with Crippen molar-refractivity contribution in [2.45, 2.75) is 39.5 Å². The van der Waals surface area contributed by atoms with Crippen LogP contribution in [0.15, 0.2) is 6.20 Å². The van der Waals surface area contributed by atoms with Gasteiger partial charge in [-0.15, -0.1) is 0 Å². The molecule has 1 atom stereocenters. The molecule has 4 nitrogen and oxygen atoms in total. The Hall–Kier alpha value is -0.870. The lowest BCUT2D eigenvalue weighted by atomic mass is 10.3. The first-order valence-corrected chi connectivity index (χ1v) is 5.24. The summed E-state index contributed by atoms with van der Waals surface area (Å²) in [5.41, 5.74) is 8.40. The van der Waals surface area contributed by atoms with Crippen LogP contribution in [0.5, 0.6) is 0 Å². The third-order valence-electron chi connectivity index (χ3n) is 3.03. The Bertz CT molecular complexity index is 318. The quantitative estimate of drug-likeness (QED) is 0.765. The highest BCUT2D eigenvalue weighted by molar-refractivity contribution is 5.22. The van der Waals surface area contributed by atoms with Crippen LogP contribution in [0.25, 0.3) is 0 Å². The number of fused-ring (bicyclic) bond motifs is 1. The average Bonchev–Trinajstić information content (AvgIpc) is 2.74. The molecule has 1 aliphatic rings. The van der Waals surface area contributed by atoms with Gasteiger partial charge in [0.15, 0.2) is 0 Å². The first-order chi connectivity index (χ1) is 6.76. The molecule has 0 amide bonds. The molecule has 1 unspecified atom stereocenters. The molecule has 1 aliphatic heterocycles. The minimum absolute atomic E-state index is 0.465. The van der Waals surface area contributed by atoms with Crippen LogP contribution in [0.2, 0.25) is 0 Å². The third kappa shape index (κ3) is 1.44. The highest BCUT2D eigenvalue weighted by Crippen LogP contribution is 2.23. The molecule has 0 bridgehead atoms. The summed E-state index contributed by atoms with van der Waals surface area (Å²) in [5, 5.41) is 4.33. The van der Waals surface area contributed by atoms with Gasteiger partial charge >= 0.3 is 0 Å². The maximum absolute atomic E-state index is 5.66. The van der Waals surface area contributed by atoms with E-state index in [0.717, 1.165) is 26.2 Å². The molecule has 0 aromatic carbocycles. The summed E-state index contributed by atoms with van der Waals surface area (Å²) in [4.78, 5) is 2.40. The maximum atomic E-state index is 5.66. The van der Waals surface area contributed by atoms with E-state index in [-0.39, 0.29) is 0 Å². The Morgan fingerprint density at radius 2 is 2.36 bits per heavy atom. The fraction of sp³-hybridized carbons (Fsp3) is 0.700. The molecule has 0 fully saturated rings. The standard InChI is InChI=1S/C10H18N4/c1-3-14-10-7-13(8(2)4-11)6-9(10)5-12-14/h5,8H,3-4,6-7,11H2,1-2H3. The summed E-state index contributed by atoms with van der Waals surface area (Å²) in [5.74, 6) is 0. The summed E-state index contributed by atoms with van der Waals surface area (Å²) in [6, 6.07) is 0.465. The molecule has 0 saturated carbocycles. The van der Waals surface area contributed by atoms with Crippen molar-refractivity contribution in [1.29, 1.82) is 0 Å². The molecule has 78 valence electrons. The average molecular weight is 194 g/mol. The minimum atomic E-state index is 0.465. The predicted molar refractivity (Wildman–Crippen MR) is 55.7 cm³/mol. The van der Waals surface area contributed by atoms with E-state index in [4.69, 9.17) is 5.73 Å². The van der Waals surface area contributed by atoms with E-state index in [1.807, 2.05) is 6.20 Å². The van der Waals surface area contributed by atoms with E-state index in [1.165, 1.54) is 11.3 Å². The topological polar surface area (TPSA) is 47.1 Å². The lowest BCUT2D eigenvalue weighted by Gasteiger charge is -2.22. The zero-order chi connectivity index (χ0) is 10.1. The van der Waals surface area contributed by atoms with E-state index in [1.54, 1.807) is 0 Å². The Labute approximate surface area is 84.7 Å². The van der Waals surface area contributed by atoms with Crippen molar-refractivity contribution in [3.63, 3.8) is 0 Å². The van der Waals surface area contributed by atoms with Gasteiger partial charge in [0.1, 0.15) is 0 Å². The second-order valence-corrected chi connectivity index (χ2v) is 3.92. The molecule has 0 aliphatic carbocycles. The van der Waals surface area contributed by atoms with Crippen molar-refractivity contribution >= 4 is 0 Å². The molecule has 0 radical (unpaired) electrons. The summed E-state index contributed by atoms with van der Waals surface area (Å²) in [6.07, 6.45) is 1.99. The van der Waals surface area contributed by atoms with Gasteiger partial charge in [0.25, 0.3) is 0 Å². The zero-order valence-corrected chi connectivity index (χ0v) is 8.90. The number of aromatic nitrogens is 2. The molecule has 1 aromatic heterocycles. The lowest BCUT2D eigenvalue weighted by molar-refractivity contribution is 0.212. The molecule has 4 heteroatoms. The smallest absolute Gasteiger partial charge is 0.0569 e. The molecular formula is C10H18N4. The van der Waals surface area contributed by atoms with E-state index >= 15 is 0 Å². The van der Waals surface area contributed by atoms with Crippen molar-refractivity contribution in [2.24, 2.45) is 5.73 Å². The van der Waals surface area contributed by atoms with Crippen LogP contribution in [0.1, 0.15) is 25.1 Å². The Morgan fingerprint density at radius 3 is 3.00 bits per heavy atom. The largest absolute Gasteiger partial charge is 0.329 e. The SMILES string of the molecule is CCn1ncc2c1CN(C(C)CN)C2. The van der Waals surface area contributed by atoms with Crippen molar-refractivity contribution in [1.82, 2.24) is 14.7 Å². The number of aryl methyl sites for hydroxylation is 1. The first kappa shape index (κ1) is 9.68. The number of hydrogen-bond donors (Lipinski definition) is 1. The van der Waals surface area contributed by atoms with Crippen LogP contribution in [0.3, 0.4) is 0 Å². The monoisotopic (exact) mass is 194 g/mol. The van der Waals surface area contributed by atoms with Crippen LogP contribution in [0.4, 0.5) is 0 Å². The van der Waals surface area contributed by atoms with Gasteiger partial charge in [0.2, 0.25) is 0 Å². The zero-order valence-electron chi connectivity index (χ0n) is 8.90. The number of nitrogens with zero attached hydrogens (tertiary/aromatic N) is 3. The number of hydrogen-bond acceptors (Lipinski definition) is 3. The number of nitrogens with two attached hydrogens (primary N) is 1. The summed E-state index contributed by atoms with van der Waals surface area (Å²) >= 11 is 0. The van der Waals surface area contributed by atoms with Crippen molar-refractivity contribution in [3.8, 4) is 0 Å². The second-order valence-electron chi connectivity index (χ2n) is 3.92. The van der Waals surface area contributed by atoms with Crippen LogP contribution in [-0.2, 0) is 19.6 Å². The van der Waals surface area contributed by atoms with E-state index in [0.29, 0.717) is 6.04 Å². The normalized spacial score (nSPS) is 18.5. The molecule has 1 aromatic rings. The van der Waals surface area contributed by atoms with E-state index in [9.17, 15) is 0 Å². The predicted octanol–water partition coefficient (Wildman–Crippen LogP) is 0.566. The fourth-order valence-electron chi connectivity index (χ4n) is 1.96. The Kier molecular flexibility index (Phi) is 2.56. The van der Waals surface area contributed by atoms with Crippen LogP contribution in [-0.4, -0.2) is 27.3 Å². The molecule has 0 spiro atoms. The highest BCUT2D eigenvalue weighted by Gasteiger charge is 2.25. The molecular weight excluding hydrogens is 176 g/mol. The molecule has 14 heavy (non-hydrogen) atoms. The first-order valence-electron chi connectivity index (χ1n) is 5.24. The van der Waals surface area contributed by atoms with Gasteiger partial charge in [-0.2, -0.15) is 5.10 Å². The van der Waals surface area contributed by atoms with E-state index < -0.39 is 0 Å². The van der Waals surface area contributed by atoms with Gasteiger partial charge < -0.3 is 5.73 Å². The van der Waals surface area contributed by atoms with Gasteiger partial charge in [-0.1, -0.05) is 0 Å². The summed E-state index contributed by atoms with van der Waals surface area (Å²) in [6.45, 7) is 8.00. The van der Waals surface area contributed by atoms with Crippen molar-refractivity contribution in [3.05, 3.63) is 17.5 Å². The lowest BCUT2D eigenvalue weighted by Crippen LogP contribution is -2.34. The van der Waals surface area contributed by atoms with Gasteiger partial charge in [-0.05, 0) is 13.8 Å². The van der Waals surface area contributed by atoms with E-state index in [2.05, 4.69) is 28.5 Å². The minimum Gasteiger partial charge on any atom is -0.329 e. The third-order valence-corrected chi connectivity index (χ3v) is 3.03. The second kappa shape index (κ2) is 3.71. The molecule has 0 saturated heterocycles. The van der Waals surface area contributed by atoms with Crippen LogP contribution in [0, 0.1) is 0 Å². The van der Waals surface area contributed by atoms with Gasteiger partial charge in [0.05, 0.1) is 11.9 Å². The van der Waals surface area contributed by atoms with Gasteiger partial charge in [-0.25, -0.2) is 0 Å². The van der Waals surface area contributed by atoms with Crippen molar-refractivity contribution in [2.75, 3.05) is 6.54 Å². The molecule has 2 heterocycles. The molecule has 2 rings (SSSR count). The van der Waals surface area contributed by atoms with Crippen molar-refractivity contribution < 1.29 is 0 Å². The van der Waals surface area contributed by atoms with Gasteiger partial charge in [-0.3, -0.25) is 9.58 Å². The highest BCUT2D eigenvalue weighted by atomic mass is 15.3. The maximum Gasteiger partial charge on any atom is 0.0569 e.